The van der Waals surface area contributed by atoms with Crippen molar-refractivity contribution in [1.82, 2.24) is 4.98 Å². The van der Waals surface area contributed by atoms with Crippen molar-refractivity contribution >= 4 is 44.6 Å². The molecule has 0 bridgehead atoms. The first-order chi connectivity index (χ1) is 9.29. The second kappa shape index (κ2) is 5.47. The first-order valence-corrected chi connectivity index (χ1v) is 7.73. The topological polar surface area (TPSA) is 85.1 Å². The van der Waals surface area contributed by atoms with Crippen LogP contribution in [0.5, 0.6) is 0 Å². The molecule has 2 aromatic rings. The Bertz CT molecular complexity index is 723. The summed E-state index contributed by atoms with van der Waals surface area (Å²) in [6.07, 6.45) is 1.41. The summed E-state index contributed by atoms with van der Waals surface area (Å²) in [5.74, 6) is 0. The largest absolute Gasteiger partial charge is 0.399 e. The fourth-order valence-electron chi connectivity index (χ4n) is 1.57. The van der Waals surface area contributed by atoms with Gasteiger partial charge in [0.15, 0.2) is 0 Å². The maximum atomic E-state index is 12.3. The Morgan fingerprint density at radius 1 is 1.20 bits per heavy atom. The fourth-order valence-corrected chi connectivity index (χ4v) is 3.85. The number of hydrogen-bond donors (Lipinski definition) is 2. The van der Waals surface area contributed by atoms with Crippen LogP contribution in [-0.2, 0) is 10.0 Å². The Balaban J connectivity index is 2.43. The molecule has 0 fully saturated rings. The predicted molar refractivity (Wildman–Crippen MR) is 80.7 cm³/mol. The highest BCUT2D eigenvalue weighted by atomic mass is 35.5. The number of nitrogen functional groups attached to an aromatic ring is 1. The monoisotopic (exact) mass is 331 g/mol. The molecule has 2 rings (SSSR count). The minimum Gasteiger partial charge on any atom is -0.399 e. The Labute approximate surface area is 126 Å². The molecule has 0 radical (unpaired) electrons. The van der Waals surface area contributed by atoms with E-state index < -0.39 is 10.0 Å². The van der Waals surface area contributed by atoms with E-state index in [1.807, 2.05) is 0 Å². The number of aryl methyl sites for hydroxylation is 1. The van der Waals surface area contributed by atoms with Gasteiger partial charge in [0, 0.05) is 11.4 Å². The number of aromatic nitrogens is 1. The van der Waals surface area contributed by atoms with Gasteiger partial charge in [-0.25, -0.2) is 8.42 Å². The van der Waals surface area contributed by atoms with Crippen molar-refractivity contribution in [3.8, 4) is 0 Å². The fraction of sp³-hybridized carbons (Fsp3) is 0.0833. The summed E-state index contributed by atoms with van der Waals surface area (Å²) in [7, 11) is -3.91. The zero-order valence-corrected chi connectivity index (χ0v) is 12.7. The SMILES string of the molecule is Cc1ccc(NS(=O)(=O)c2c(Cl)cc(N)cc2Cl)cn1. The van der Waals surface area contributed by atoms with Crippen molar-refractivity contribution in [1.29, 1.82) is 0 Å². The van der Waals surface area contributed by atoms with Gasteiger partial charge in [0.25, 0.3) is 10.0 Å². The van der Waals surface area contributed by atoms with Gasteiger partial charge in [0.2, 0.25) is 0 Å². The van der Waals surface area contributed by atoms with Crippen molar-refractivity contribution in [3.05, 3.63) is 46.2 Å². The van der Waals surface area contributed by atoms with E-state index in [2.05, 4.69) is 9.71 Å². The Morgan fingerprint density at radius 3 is 2.30 bits per heavy atom. The van der Waals surface area contributed by atoms with Crippen LogP contribution in [0.15, 0.2) is 35.4 Å². The Kier molecular flexibility index (Phi) is 4.08. The van der Waals surface area contributed by atoms with Gasteiger partial charge < -0.3 is 5.73 Å². The smallest absolute Gasteiger partial charge is 0.264 e. The van der Waals surface area contributed by atoms with Crippen LogP contribution in [0.2, 0.25) is 10.0 Å². The van der Waals surface area contributed by atoms with E-state index in [1.54, 1.807) is 19.1 Å². The zero-order valence-electron chi connectivity index (χ0n) is 10.4. The third kappa shape index (κ3) is 3.15. The van der Waals surface area contributed by atoms with Crippen LogP contribution in [0.25, 0.3) is 0 Å². The van der Waals surface area contributed by atoms with Crippen molar-refractivity contribution in [2.24, 2.45) is 0 Å². The number of benzene rings is 1. The minimum absolute atomic E-state index is 0.0393. The normalized spacial score (nSPS) is 11.3. The van der Waals surface area contributed by atoms with E-state index in [4.69, 9.17) is 28.9 Å². The third-order valence-corrected chi connectivity index (χ3v) is 4.75. The van der Waals surface area contributed by atoms with Gasteiger partial charge in [0.05, 0.1) is 21.9 Å². The van der Waals surface area contributed by atoms with E-state index in [0.717, 1.165) is 5.69 Å². The molecule has 0 aliphatic heterocycles. The summed E-state index contributed by atoms with van der Waals surface area (Å²) in [4.78, 5) is 3.79. The van der Waals surface area contributed by atoms with Gasteiger partial charge >= 0.3 is 0 Å². The van der Waals surface area contributed by atoms with Crippen LogP contribution in [0, 0.1) is 6.92 Å². The number of sulfonamides is 1. The average molecular weight is 332 g/mol. The minimum atomic E-state index is -3.91. The highest BCUT2D eigenvalue weighted by molar-refractivity contribution is 7.93. The van der Waals surface area contributed by atoms with Crippen molar-refractivity contribution in [2.45, 2.75) is 11.8 Å². The van der Waals surface area contributed by atoms with E-state index in [9.17, 15) is 8.42 Å². The van der Waals surface area contributed by atoms with Gasteiger partial charge in [0.1, 0.15) is 4.90 Å². The molecule has 1 aromatic carbocycles. The molecule has 5 nitrogen and oxygen atoms in total. The number of pyridine rings is 1. The number of halogens is 2. The molecule has 0 aliphatic carbocycles. The molecular formula is C12H11Cl2N3O2S. The van der Waals surface area contributed by atoms with Crippen molar-refractivity contribution in [3.63, 3.8) is 0 Å². The van der Waals surface area contributed by atoms with Crippen LogP contribution in [0.4, 0.5) is 11.4 Å². The lowest BCUT2D eigenvalue weighted by Crippen LogP contribution is -2.14. The lowest BCUT2D eigenvalue weighted by atomic mass is 10.3. The zero-order chi connectivity index (χ0) is 14.9. The summed E-state index contributed by atoms with van der Waals surface area (Å²) in [5, 5.41) is -0.0786. The number of hydrogen-bond acceptors (Lipinski definition) is 4. The number of nitrogens with zero attached hydrogens (tertiary/aromatic N) is 1. The summed E-state index contributed by atoms with van der Waals surface area (Å²) in [5.41, 5.74) is 6.93. The van der Waals surface area contributed by atoms with Gasteiger partial charge in [-0.05, 0) is 31.2 Å². The third-order valence-electron chi connectivity index (χ3n) is 2.45. The first-order valence-electron chi connectivity index (χ1n) is 5.49. The number of rotatable bonds is 3. The Hall–Kier alpha value is -1.50. The summed E-state index contributed by atoms with van der Waals surface area (Å²) < 4.78 is 26.9. The van der Waals surface area contributed by atoms with Crippen LogP contribution in [-0.4, -0.2) is 13.4 Å². The first kappa shape index (κ1) is 14.9. The standard InChI is InChI=1S/C12H11Cl2N3O2S/c1-7-2-3-9(6-16-7)17-20(18,19)12-10(13)4-8(15)5-11(12)14/h2-6,17H,15H2,1H3. The maximum absolute atomic E-state index is 12.3. The van der Waals surface area contributed by atoms with Gasteiger partial charge in [-0.2, -0.15) is 0 Å². The molecule has 3 N–H and O–H groups in total. The summed E-state index contributed by atoms with van der Waals surface area (Å²) in [6.45, 7) is 1.80. The van der Waals surface area contributed by atoms with Crippen molar-refractivity contribution < 1.29 is 8.42 Å². The summed E-state index contributed by atoms with van der Waals surface area (Å²) >= 11 is 11.8. The second-order valence-electron chi connectivity index (χ2n) is 4.11. The van der Waals surface area contributed by atoms with E-state index in [-0.39, 0.29) is 20.6 Å². The maximum Gasteiger partial charge on any atom is 0.264 e. The van der Waals surface area contributed by atoms with Crippen molar-refractivity contribution in [2.75, 3.05) is 10.5 Å². The quantitative estimate of drug-likeness (QED) is 0.846. The van der Waals surface area contributed by atoms with Gasteiger partial charge in [-0.15, -0.1) is 0 Å². The van der Waals surface area contributed by atoms with Crippen LogP contribution in [0.1, 0.15) is 5.69 Å². The molecule has 0 amide bonds. The molecule has 0 atom stereocenters. The molecular weight excluding hydrogens is 321 g/mol. The molecule has 106 valence electrons. The second-order valence-corrected chi connectivity index (χ2v) is 6.54. The molecule has 0 unspecified atom stereocenters. The molecule has 20 heavy (non-hydrogen) atoms. The lowest BCUT2D eigenvalue weighted by molar-refractivity contribution is 0.601. The molecule has 1 heterocycles. The van der Waals surface area contributed by atoms with Crippen LogP contribution < -0.4 is 10.5 Å². The van der Waals surface area contributed by atoms with Gasteiger partial charge in [-0.3, -0.25) is 9.71 Å². The van der Waals surface area contributed by atoms with E-state index in [0.29, 0.717) is 5.69 Å². The molecule has 8 heteroatoms. The van der Waals surface area contributed by atoms with E-state index >= 15 is 0 Å². The summed E-state index contributed by atoms with van der Waals surface area (Å²) in [6, 6.07) is 5.94. The van der Waals surface area contributed by atoms with Gasteiger partial charge in [-0.1, -0.05) is 23.2 Å². The average Bonchev–Trinajstić information content (AvgIpc) is 2.30. The van der Waals surface area contributed by atoms with E-state index in [1.165, 1.54) is 18.3 Å². The van der Waals surface area contributed by atoms with Crippen LogP contribution in [0.3, 0.4) is 0 Å². The number of anilines is 2. The molecule has 1 aromatic heterocycles. The molecule has 0 spiro atoms. The molecule has 0 saturated carbocycles. The highest BCUT2D eigenvalue weighted by Gasteiger charge is 2.22. The number of nitrogens with one attached hydrogen (secondary N) is 1. The molecule has 0 saturated heterocycles. The molecule has 0 aliphatic rings. The lowest BCUT2D eigenvalue weighted by Gasteiger charge is -2.11. The Morgan fingerprint density at radius 2 is 1.80 bits per heavy atom. The highest BCUT2D eigenvalue weighted by Crippen LogP contribution is 2.32. The number of nitrogens with two attached hydrogens (primary N) is 1. The van der Waals surface area contributed by atoms with Crippen LogP contribution >= 0.6 is 23.2 Å². The predicted octanol–water partition coefficient (Wildman–Crippen LogP) is 3.08.